The molecular formula is C24H19ClN4O4. The molecule has 9 heteroatoms. The van der Waals surface area contributed by atoms with Crippen molar-refractivity contribution in [3.63, 3.8) is 0 Å². The van der Waals surface area contributed by atoms with E-state index in [9.17, 15) is 14.9 Å². The molecule has 0 radical (unpaired) electrons. The predicted molar refractivity (Wildman–Crippen MR) is 124 cm³/mol. The highest BCUT2D eigenvalue weighted by Crippen LogP contribution is 2.33. The summed E-state index contributed by atoms with van der Waals surface area (Å²) in [7, 11) is 1.87. The fourth-order valence-corrected chi connectivity index (χ4v) is 3.50. The number of ether oxygens (including phenoxy) is 1. The van der Waals surface area contributed by atoms with Crippen LogP contribution in [0.4, 0.5) is 5.69 Å². The first kappa shape index (κ1) is 22.0. The van der Waals surface area contributed by atoms with E-state index < -0.39 is 11.0 Å². The lowest BCUT2D eigenvalue weighted by atomic mass is 10.1. The molecule has 1 amide bonds. The van der Waals surface area contributed by atoms with E-state index in [1.807, 2.05) is 48.1 Å². The number of amides is 1. The monoisotopic (exact) mass is 462 g/mol. The summed E-state index contributed by atoms with van der Waals surface area (Å²) in [6.07, 6.45) is 3.50. The van der Waals surface area contributed by atoms with Gasteiger partial charge in [0.15, 0.2) is 0 Å². The number of hydrogen-bond acceptors (Lipinski definition) is 5. The van der Waals surface area contributed by atoms with Gasteiger partial charge in [0.05, 0.1) is 4.92 Å². The zero-order chi connectivity index (χ0) is 23.4. The van der Waals surface area contributed by atoms with Gasteiger partial charge in [0.2, 0.25) is 5.75 Å². The van der Waals surface area contributed by atoms with Crippen molar-refractivity contribution in [1.82, 2.24) is 14.9 Å². The van der Waals surface area contributed by atoms with Crippen molar-refractivity contribution in [2.24, 2.45) is 7.05 Å². The molecule has 4 rings (SSSR count). The van der Waals surface area contributed by atoms with Gasteiger partial charge in [-0.15, -0.1) is 0 Å². The number of carbonyl (C=O) groups excluding carboxylic acids is 1. The lowest BCUT2D eigenvalue weighted by molar-refractivity contribution is -0.385. The van der Waals surface area contributed by atoms with E-state index in [0.717, 1.165) is 5.56 Å². The maximum Gasteiger partial charge on any atom is 0.313 e. The van der Waals surface area contributed by atoms with Crippen molar-refractivity contribution in [3.05, 3.63) is 117 Å². The van der Waals surface area contributed by atoms with Crippen LogP contribution in [0, 0.1) is 10.1 Å². The minimum absolute atomic E-state index is 0.0560. The summed E-state index contributed by atoms with van der Waals surface area (Å²) in [6, 6.07) is 19.6. The highest BCUT2D eigenvalue weighted by Gasteiger charge is 2.21. The van der Waals surface area contributed by atoms with Gasteiger partial charge >= 0.3 is 5.69 Å². The number of nitrogens with one attached hydrogen (secondary N) is 1. The van der Waals surface area contributed by atoms with E-state index in [1.54, 1.807) is 30.5 Å². The third-order valence-electron chi connectivity index (χ3n) is 4.99. The number of imidazole rings is 1. The number of nitro groups is 1. The van der Waals surface area contributed by atoms with Gasteiger partial charge in [0.25, 0.3) is 5.91 Å². The normalized spacial score (nSPS) is 11.6. The predicted octanol–water partition coefficient (Wildman–Crippen LogP) is 5.29. The Bertz CT molecular complexity index is 1290. The van der Waals surface area contributed by atoms with Crippen LogP contribution in [0.3, 0.4) is 0 Å². The van der Waals surface area contributed by atoms with E-state index in [0.29, 0.717) is 17.1 Å². The molecule has 0 saturated heterocycles. The average Bonchev–Trinajstić information content (AvgIpc) is 3.25. The Morgan fingerprint density at radius 3 is 2.48 bits per heavy atom. The molecule has 0 saturated carbocycles. The molecule has 166 valence electrons. The average molecular weight is 463 g/mol. The van der Waals surface area contributed by atoms with E-state index in [1.165, 1.54) is 18.2 Å². The quantitative estimate of drug-likeness (QED) is 0.297. The lowest BCUT2D eigenvalue weighted by Gasteiger charge is -2.19. The molecule has 0 bridgehead atoms. The third-order valence-corrected chi connectivity index (χ3v) is 5.22. The molecule has 4 aromatic rings. The Kier molecular flexibility index (Phi) is 6.37. The molecule has 3 aromatic carbocycles. The molecule has 0 fully saturated rings. The van der Waals surface area contributed by atoms with E-state index >= 15 is 0 Å². The number of hydrogen-bond donors (Lipinski definition) is 1. The number of nitrogens with zero attached hydrogens (tertiary/aromatic N) is 3. The van der Waals surface area contributed by atoms with Gasteiger partial charge in [0, 0.05) is 36.1 Å². The molecule has 8 nitrogen and oxygen atoms in total. The number of nitro benzene ring substituents is 1. The van der Waals surface area contributed by atoms with Crippen LogP contribution in [0.25, 0.3) is 0 Å². The highest BCUT2D eigenvalue weighted by molar-refractivity contribution is 6.30. The van der Waals surface area contributed by atoms with Crippen LogP contribution in [0.15, 0.2) is 85.2 Å². The fraction of sp³-hybridized carbons (Fsp3) is 0.0833. The van der Waals surface area contributed by atoms with Crippen LogP contribution >= 0.6 is 11.6 Å². The number of rotatable bonds is 7. The maximum atomic E-state index is 13.0. The number of carbonyl (C=O) groups is 1. The van der Waals surface area contributed by atoms with Crippen molar-refractivity contribution >= 4 is 23.2 Å². The molecule has 33 heavy (non-hydrogen) atoms. The van der Waals surface area contributed by atoms with Crippen molar-refractivity contribution < 1.29 is 14.5 Å². The van der Waals surface area contributed by atoms with Gasteiger partial charge in [-0.1, -0.05) is 41.9 Å². The fourth-order valence-electron chi connectivity index (χ4n) is 3.33. The number of halogens is 1. The largest absolute Gasteiger partial charge is 0.450 e. The molecular weight excluding hydrogens is 444 g/mol. The number of benzene rings is 3. The topological polar surface area (TPSA) is 99.3 Å². The Labute approximate surface area is 194 Å². The molecule has 0 aliphatic rings. The summed E-state index contributed by atoms with van der Waals surface area (Å²) >= 11 is 5.84. The molecule has 1 N–H and O–H groups in total. The smallest absolute Gasteiger partial charge is 0.313 e. The second-order valence-corrected chi connectivity index (χ2v) is 7.65. The van der Waals surface area contributed by atoms with Gasteiger partial charge in [-0.3, -0.25) is 14.9 Å². The molecule has 1 aromatic heterocycles. The summed E-state index contributed by atoms with van der Waals surface area (Å²) in [6.45, 7) is 0. The minimum atomic E-state index is -0.565. The first-order valence-corrected chi connectivity index (χ1v) is 10.3. The SMILES string of the molecule is Cn1ccnc1[C@@H](NC(=O)c1ccc(Oc2ccc(Cl)cc2[N+](=O)[O-])cc1)c1ccccc1. The van der Waals surface area contributed by atoms with E-state index in [-0.39, 0.29) is 22.4 Å². The summed E-state index contributed by atoms with van der Waals surface area (Å²) in [5, 5.41) is 14.5. The van der Waals surface area contributed by atoms with Crippen molar-refractivity contribution in [3.8, 4) is 11.5 Å². The second kappa shape index (κ2) is 9.54. The van der Waals surface area contributed by atoms with Crippen LogP contribution in [-0.4, -0.2) is 20.4 Å². The molecule has 0 unspecified atom stereocenters. The van der Waals surface area contributed by atoms with Crippen LogP contribution in [-0.2, 0) is 7.05 Å². The Morgan fingerprint density at radius 2 is 1.85 bits per heavy atom. The van der Waals surface area contributed by atoms with Crippen LogP contribution in [0.1, 0.15) is 27.8 Å². The summed E-state index contributed by atoms with van der Waals surface area (Å²) in [5.41, 5.74) is 1.06. The molecule has 0 aliphatic heterocycles. The van der Waals surface area contributed by atoms with Crippen molar-refractivity contribution in [2.75, 3.05) is 0 Å². The summed E-state index contributed by atoms with van der Waals surface area (Å²) < 4.78 is 7.50. The molecule has 0 spiro atoms. The zero-order valence-electron chi connectivity index (χ0n) is 17.5. The first-order valence-electron chi connectivity index (χ1n) is 9.97. The van der Waals surface area contributed by atoms with Crippen molar-refractivity contribution in [2.45, 2.75) is 6.04 Å². The Balaban J connectivity index is 1.53. The van der Waals surface area contributed by atoms with Gasteiger partial charge in [-0.2, -0.15) is 0 Å². The second-order valence-electron chi connectivity index (χ2n) is 7.21. The van der Waals surface area contributed by atoms with Crippen molar-refractivity contribution in [1.29, 1.82) is 0 Å². The van der Waals surface area contributed by atoms with Crippen LogP contribution < -0.4 is 10.1 Å². The first-order chi connectivity index (χ1) is 15.9. The Morgan fingerprint density at radius 1 is 1.12 bits per heavy atom. The molecule has 0 aliphatic carbocycles. The number of aryl methyl sites for hydroxylation is 1. The van der Waals surface area contributed by atoms with E-state index in [4.69, 9.17) is 16.3 Å². The van der Waals surface area contributed by atoms with E-state index in [2.05, 4.69) is 10.3 Å². The summed E-state index contributed by atoms with van der Waals surface area (Å²) in [5.74, 6) is 0.807. The van der Waals surface area contributed by atoms with Gasteiger partial charge in [-0.05, 0) is 42.0 Å². The Hall–Kier alpha value is -4.17. The lowest BCUT2D eigenvalue weighted by Crippen LogP contribution is -2.31. The molecule has 1 heterocycles. The van der Waals surface area contributed by atoms with Gasteiger partial charge in [-0.25, -0.2) is 4.98 Å². The van der Waals surface area contributed by atoms with Gasteiger partial charge in [0.1, 0.15) is 17.6 Å². The van der Waals surface area contributed by atoms with Crippen LogP contribution in [0.2, 0.25) is 5.02 Å². The standard InChI is InChI=1S/C24H19ClN4O4/c1-28-14-13-26-23(28)22(16-5-3-2-4-6-16)27-24(30)17-7-10-19(11-8-17)33-21-12-9-18(25)15-20(21)29(31)32/h2-15,22H,1H3,(H,27,30)/t22-/m0/s1. The zero-order valence-corrected chi connectivity index (χ0v) is 18.3. The third kappa shape index (κ3) is 5.02. The number of aromatic nitrogens is 2. The highest BCUT2D eigenvalue weighted by atomic mass is 35.5. The maximum absolute atomic E-state index is 13.0. The van der Waals surface area contributed by atoms with Crippen LogP contribution in [0.5, 0.6) is 11.5 Å². The summed E-state index contributed by atoms with van der Waals surface area (Å²) in [4.78, 5) is 28.1. The minimum Gasteiger partial charge on any atom is -0.450 e. The van der Waals surface area contributed by atoms with Gasteiger partial charge < -0.3 is 14.6 Å². The molecule has 1 atom stereocenters.